The highest BCUT2D eigenvalue weighted by molar-refractivity contribution is 6.11. The number of hydrogen-bond acceptors (Lipinski definition) is 5. The SMILES string of the molecule is CCN(CC)c1ccc2cc(-c3cccc4c(-c5cccc6c(-c7cc8ccccc8oc7=O)cccc56)cccc34)c(=O)oc2c1. The average Bonchev–Trinajstić information content (AvgIpc) is 3.10. The summed E-state index contributed by atoms with van der Waals surface area (Å²) >= 11 is 0. The van der Waals surface area contributed by atoms with Gasteiger partial charge in [0.25, 0.3) is 0 Å². The summed E-state index contributed by atoms with van der Waals surface area (Å²) < 4.78 is 11.6. The lowest BCUT2D eigenvalue weighted by Crippen LogP contribution is -2.21. The van der Waals surface area contributed by atoms with E-state index in [1.54, 1.807) is 0 Å². The van der Waals surface area contributed by atoms with Crippen LogP contribution in [0.25, 0.3) is 76.9 Å². The first-order valence-corrected chi connectivity index (χ1v) is 15.9. The molecular formula is C42H31NO4. The first-order valence-electron chi connectivity index (χ1n) is 15.9. The fourth-order valence-corrected chi connectivity index (χ4v) is 6.88. The molecule has 0 fully saturated rings. The van der Waals surface area contributed by atoms with Gasteiger partial charge in [0.2, 0.25) is 0 Å². The van der Waals surface area contributed by atoms with Crippen LogP contribution in [0.2, 0.25) is 0 Å². The Morgan fingerprint density at radius 3 is 1.40 bits per heavy atom. The van der Waals surface area contributed by atoms with Crippen molar-refractivity contribution in [2.45, 2.75) is 13.8 Å². The van der Waals surface area contributed by atoms with E-state index in [1.165, 1.54) is 0 Å². The maximum Gasteiger partial charge on any atom is 0.344 e. The van der Waals surface area contributed by atoms with Crippen LogP contribution in [0.3, 0.4) is 0 Å². The zero-order valence-corrected chi connectivity index (χ0v) is 26.1. The van der Waals surface area contributed by atoms with Gasteiger partial charge >= 0.3 is 11.3 Å². The van der Waals surface area contributed by atoms with Gasteiger partial charge in [0.15, 0.2) is 0 Å². The van der Waals surface area contributed by atoms with Crippen molar-refractivity contribution in [3.05, 3.63) is 148 Å². The molecule has 228 valence electrons. The maximum absolute atomic E-state index is 13.5. The summed E-state index contributed by atoms with van der Waals surface area (Å²) in [6, 6.07) is 41.9. The number of nitrogens with zero attached hydrogens (tertiary/aromatic N) is 1. The second kappa shape index (κ2) is 11.5. The Morgan fingerprint density at radius 2 is 0.894 bits per heavy atom. The van der Waals surface area contributed by atoms with Crippen LogP contribution in [-0.2, 0) is 0 Å². The Bertz CT molecular complexity index is 2610. The lowest BCUT2D eigenvalue weighted by Gasteiger charge is -2.21. The van der Waals surface area contributed by atoms with Crippen LogP contribution >= 0.6 is 0 Å². The fourth-order valence-electron chi connectivity index (χ4n) is 6.88. The Labute approximate surface area is 270 Å². The molecule has 0 saturated heterocycles. The highest BCUT2D eigenvalue weighted by Gasteiger charge is 2.17. The first-order chi connectivity index (χ1) is 23.0. The molecule has 0 spiro atoms. The minimum Gasteiger partial charge on any atom is -0.422 e. The highest BCUT2D eigenvalue weighted by atomic mass is 16.4. The van der Waals surface area contributed by atoms with Crippen molar-refractivity contribution in [3.63, 3.8) is 0 Å². The van der Waals surface area contributed by atoms with Crippen LogP contribution in [0.5, 0.6) is 0 Å². The van der Waals surface area contributed by atoms with Gasteiger partial charge in [0.1, 0.15) is 11.2 Å². The third kappa shape index (κ3) is 4.79. The zero-order valence-electron chi connectivity index (χ0n) is 26.1. The Morgan fingerprint density at radius 1 is 0.447 bits per heavy atom. The van der Waals surface area contributed by atoms with Gasteiger partial charge in [-0.05, 0) is 88.0 Å². The second-order valence-corrected chi connectivity index (χ2v) is 11.7. The Hall–Kier alpha value is -5.94. The van der Waals surface area contributed by atoms with Crippen LogP contribution in [0.15, 0.2) is 146 Å². The quantitative estimate of drug-likeness (QED) is 0.175. The van der Waals surface area contributed by atoms with Gasteiger partial charge in [-0.2, -0.15) is 0 Å². The van der Waals surface area contributed by atoms with Crippen molar-refractivity contribution in [1.82, 2.24) is 0 Å². The molecule has 6 aromatic carbocycles. The summed E-state index contributed by atoms with van der Waals surface area (Å²) in [6.45, 7) is 5.98. The summed E-state index contributed by atoms with van der Waals surface area (Å²) in [7, 11) is 0. The molecule has 5 heteroatoms. The molecule has 2 aromatic heterocycles. The van der Waals surface area contributed by atoms with Gasteiger partial charge in [-0.3, -0.25) is 0 Å². The van der Waals surface area contributed by atoms with Gasteiger partial charge in [-0.25, -0.2) is 9.59 Å². The molecule has 8 aromatic rings. The van der Waals surface area contributed by atoms with Crippen molar-refractivity contribution in [2.24, 2.45) is 0 Å². The van der Waals surface area contributed by atoms with Gasteiger partial charge in [-0.15, -0.1) is 0 Å². The molecular weight excluding hydrogens is 582 g/mol. The molecule has 47 heavy (non-hydrogen) atoms. The van der Waals surface area contributed by atoms with Crippen molar-refractivity contribution in [3.8, 4) is 33.4 Å². The minimum absolute atomic E-state index is 0.365. The smallest absolute Gasteiger partial charge is 0.344 e. The van der Waals surface area contributed by atoms with E-state index in [4.69, 9.17) is 8.83 Å². The highest BCUT2D eigenvalue weighted by Crippen LogP contribution is 2.39. The van der Waals surface area contributed by atoms with Crippen LogP contribution in [0, 0.1) is 0 Å². The summed E-state index contributed by atoms with van der Waals surface area (Å²) in [5, 5.41) is 5.71. The van der Waals surface area contributed by atoms with Crippen LogP contribution in [-0.4, -0.2) is 13.1 Å². The van der Waals surface area contributed by atoms with E-state index >= 15 is 0 Å². The largest absolute Gasteiger partial charge is 0.422 e. The normalized spacial score (nSPS) is 11.5. The molecule has 2 heterocycles. The monoisotopic (exact) mass is 613 g/mol. The number of hydrogen-bond donors (Lipinski definition) is 0. The number of anilines is 1. The van der Waals surface area contributed by atoms with Gasteiger partial charge in [0, 0.05) is 35.6 Å². The van der Waals surface area contributed by atoms with E-state index in [1.807, 2.05) is 91.0 Å². The molecule has 0 aliphatic rings. The van der Waals surface area contributed by atoms with E-state index in [9.17, 15) is 9.59 Å². The molecule has 0 atom stereocenters. The van der Waals surface area contributed by atoms with E-state index < -0.39 is 0 Å². The topological polar surface area (TPSA) is 63.7 Å². The first kappa shape index (κ1) is 28.5. The van der Waals surface area contributed by atoms with Crippen molar-refractivity contribution >= 4 is 49.2 Å². The van der Waals surface area contributed by atoms with E-state index in [0.29, 0.717) is 22.3 Å². The van der Waals surface area contributed by atoms with Crippen LogP contribution in [0.1, 0.15) is 13.8 Å². The van der Waals surface area contributed by atoms with Crippen molar-refractivity contribution in [2.75, 3.05) is 18.0 Å². The molecule has 0 radical (unpaired) electrons. The number of rotatable bonds is 6. The second-order valence-electron chi connectivity index (χ2n) is 11.7. The van der Waals surface area contributed by atoms with Crippen LogP contribution < -0.4 is 16.2 Å². The average molecular weight is 614 g/mol. The van der Waals surface area contributed by atoms with Gasteiger partial charge in [0.05, 0.1) is 11.1 Å². The standard InChI is InChI=1S/C42H31NO4/c1-3-43(4-2)28-22-21-27-24-38(42(45)47-40(27)25-28)36-19-10-15-32-30(13-8-17-34(32)36)29-12-7-16-33-31(29)14-9-18-35(33)37-23-26-11-5-6-20-39(26)46-41(37)44/h5-25H,3-4H2,1-2H3. The maximum atomic E-state index is 13.5. The lowest BCUT2D eigenvalue weighted by molar-refractivity contribution is 0.563. The van der Waals surface area contributed by atoms with Gasteiger partial charge < -0.3 is 13.7 Å². The van der Waals surface area contributed by atoms with E-state index in [-0.39, 0.29) is 11.3 Å². The molecule has 5 nitrogen and oxygen atoms in total. The summed E-state index contributed by atoms with van der Waals surface area (Å²) in [5.41, 5.74) is 6.22. The summed E-state index contributed by atoms with van der Waals surface area (Å²) in [6.07, 6.45) is 0. The number of benzene rings is 6. The summed E-state index contributed by atoms with van der Waals surface area (Å²) in [5.74, 6) is 0. The van der Waals surface area contributed by atoms with E-state index in [2.05, 4.69) is 55.1 Å². The van der Waals surface area contributed by atoms with E-state index in [0.717, 1.165) is 73.3 Å². The molecule has 0 N–H and O–H groups in total. The summed E-state index contributed by atoms with van der Waals surface area (Å²) in [4.78, 5) is 28.9. The predicted octanol–water partition coefficient (Wildman–Crippen LogP) is 10.1. The Balaban J connectivity index is 1.28. The molecule has 0 saturated carbocycles. The lowest BCUT2D eigenvalue weighted by atomic mass is 9.89. The molecule has 8 rings (SSSR count). The zero-order chi connectivity index (χ0) is 32.1. The molecule has 0 bridgehead atoms. The van der Waals surface area contributed by atoms with Crippen molar-refractivity contribution < 1.29 is 8.83 Å². The minimum atomic E-state index is -0.366. The number of para-hydroxylation sites is 1. The molecule has 0 unspecified atom stereocenters. The van der Waals surface area contributed by atoms with Crippen LogP contribution in [0.4, 0.5) is 5.69 Å². The fraction of sp³-hybridized carbons (Fsp3) is 0.0952. The van der Waals surface area contributed by atoms with Crippen molar-refractivity contribution in [1.29, 1.82) is 0 Å². The predicted molar refractivity (Wildman–Crippen MR) is 193 cm³/mol. The number of fused-ring (bicyclic) bond motifs is 4. The third-order valence-electron chi connectivity index (χ3n) is 9.20. The molecule has 0 aliphatic carbocycles. The van der Waals surface area contributed by atoms with Gasteiger partial charge in [-0.1, -0.05) is 91.0 Å². The molecule has 0 amide bonds. The molecule has 0 aliphatic heterocycles. The Kier molecular flexibility index (Phi) is 6.95. The third-order valence-corrected chi connectivity index (χ3v) is 9.20.